The average molecular weight is 283 g/mol. The number of hydrogen-bond acceptors (Lipinski definition) is 2. The summed E-state index contributed by atoms with van der Waals surface area (Å²) in [5.74, 6) is -0.289. The van der Waals surface area contributed by atoms with Crippen molar-refractivity contribution in [3.8, 4) is 0 Å². The van der Waals surface area contributed by atoms with Gasteiger partial charge in [0.15, 0.2) is 0 Å². The minimum absolute atomic E-state index is 0.188. The molecule has 1 atom stereocenters. The van der Waals surface area contributed by atoms with Crippen LogP contribution in [0.3, 0.4) is 0 Å². The van der Waals surface area contributed by atoms with E-state index in [2.05, 4.69) is 16.8 Å². The Morgan fingerprint density at radius 3 is 2.74 bits per heavy atom. The summed E-state index contributed by atoms with van der Waals surface area (Å²) >= 11 is 6.21. The molecule has 2 nitrogen and oxygen atoms in total. The second-order valence-electron chi connectivity index (χ2n) is 5.13. The van der Waals surface area contributed by atoms with E-state index in [0.29, 0.717) is 5.02 Å². The van der Waals surface area contributed by atoms with Crippen molar-refractivity contribution in [3.63, 3.8) is 0 Å². The number of hydrogen-bond donors (Lipinski definition) is 1. The van der Waals surface area contributed by atoms with Crippen LogP contribution in [0.2, 0.25) is 5.02 Å². The predicted molar refractivity (Wildman–Crippen MR) is 78.0 cm³/mol. The predicted octanol–water partition coefficient (Wildman–Crippen LogP) is 3.39. The molecule has 0 saturated carbocycles. The summed E-state index contributed by atoms with van der Waals surface area (Å²) in [5, 5.41) is 3.85. The second-order valence-corrected chi connectivity index (χ2v) is 5.54. The molecule has 104 valence electrons. The van der Waals surface area contributed by atoms with Crippen molar-refractivity contribution in [2.45, 2.75) is 19.4 Å². The summed E-state index contributed by atoms with van der Waals surface area (Å²) in [7, 11) is 0. The number of piperazine rings is 1. The van der Waals surface area contributed by atoms with Gasteiger partial charge in [-0.25, -0.2) is 4.39 Å². The average Bonchev–Trinajstić information content (AvgIpc) is 2.37. The Balaban J connectivity index is 2.27. The first-order chi connectivity index (χ1) is 9.08. The van der Waals surface area contributed by atoms with Crippen LogP contribution in [0.15, 0.2) is 30.4 Å². The third-order valence-corrected chi connectivity index (χ3v) is 3.78. The van der Waals surface area contributed by atoms with Crippen molar-refractivity contribution in [3.05, 3.63) is 46.8 Å². The van der Waals surface area contributed by atoms with Gasteiger partial charge in [-0.2, -0.15) is 0 Å². The summed E-state index contributed by atoms with van der Waals surface area (Å²) in [6, 6.07) is 4.86. The van der Waals surface area contributed by atoms with Crippen LogP contribution in [0.1, 0.15) is 24.9 Å². The zero-order chi connectivity index (χ0) is 13.8. The van der Waals surface area contributed by atoms with Crippen LogP contribution < -0.4 is 5.32 Å². The molecule has 1 fully saturated rings. The van der Waals surface area contributed by atoms with E-state index in [-0.39, 0.29) is 11.9 Å². The Labute approximate surface area is 119 Å². The van der Waals surface area contributed by atoms with Crippen LogP contribution in [-0.4, -0.2) is 31.1 Å². The van der Waals surface area contributed by atoms with Crippen molar-refractivity contribution in [2.24, 2.45) is 0 Å². The maximum Gasteiger partial charge on any atom is 0.124 e. The van der Waals surface area contributed by atoms with E-state index in [1.54, 1.807) is 6.07 Å². The number of nitrogens with one attached hydrogen (secondary N) is 1. The molecule has 1 heterocycles. The van der Waals surface area contributed by atoms with Crippen LogP contribution in [0.25, 0.3) is 0 Å². The van der Waals surface area contributed by atoms with E-state index in [9.17, 15) is 4.39 Å². The fourth-order valence-corrected chi connectivity index (χ4v) is 2.82. The molecule has 0 aromatic heterocycles. The molecule has 1 N–H and O–H groups in total. The van der Waals surface area contributed by atoms with Crippen LogP contribution in [0, 0.1) is 5.82 Å². The molecule has 1 aromatic carbocycles. The van der Waals surface area contributed by atoms with E-state index >= 15 is 0 Å². The molecule has 0 aliphatic carbocycles. The van der Waals surface area contributed by atoms with E-state index in [1.807, 2.05) is 6.92 Å². The van der Waals surface area contributed by atoms with Crippen LogP contribution >= 0.6 is 11.6 Å². The highest BCUT2D eigenvalue weighted by atomic mass is 35.5. The maximum absolute atomic E-state index is 13.2. The van der Waals surface area contributed by atoms with Gasteiger partial charge < -0.3 is 5.32 Å². The summed E-state index contributed by atoms with van der Waals surface area (Å²) in [6.07, 6.45) is 0.853. The fraction of sp³-hybridized carbons (Fsp3) is 0.467. The lowest BCUT2D eigenvalue weighted by atomic mass is 9.98. The SMILES string of the molecule is C=C(C)C[C@@H](c1ccc(F)cc1Cl)N1CCNCC1. The maximum atomic E-state index is 13.2. The summed E-state index contributed by atoms with van der Waals surface area (Å²) < 4.78 is 13.2. The molecule has 19 heavy (non-hydrogen) atoms. The molecule has 4 heteroatoms. The van der Waals surface area contributed by atoms with Crippen molar-refractivity contribution in [2.75, 3.05) is 26.2 Å². The highest BCUT2D eigenvalue weighted by molar-refractivity contribution is 6.31. The highest BCUT2D eigenvalue weighted by Gasteiger charge is 2.24. The smallest absolute Gasteiger partial charge is 0.124 e. The first-order valence-electron chi connectivity index (χ1n) is 6.62. The van der Waals surface area contributed by atoms with Gasteiger partial charge in [0.2, 0.25) is 0 Å². The summed E-state index contributed by atoms with van der Waals surface area (Å²) in [4.78, 5) is 2.39. The van der Waals surface area contributed by atoms with Gasteiger partial charge in [0.05, 0.1) is 0 Å². The van der Waals surface area contributed by atoms with Gasteiger partial charge in [0.25, 0.3) is 0 Å². The quantitative estimate of drug-likeness (QED) is 0.852. The molecule has 0 bridgehead atoms. The molecule has 0 unspecified atom stereocenters. The van der Waals surface area contributed by atoms with Gasteiger partial charge in [-0.15, -0.1) is 6.58 Å². The Kier molecular flexibility index (Phi) is 4.97. The molecule has 0 amide bonds. The largest absolute Gasteiger partial charge is 0.314 e. The summed E-state index contributed by atoms with van der Waals surface area (Å²) in [6.45, 7) is 9.93. The van der Waals surface area contributed by atoms with Crippen molar-refractivity contribution in [1.29, 1.82) is 0 Å². The van der Waals surface area contributed by atoms with Crippen molar-refractivity contribution in [1.82, 2.24) is 10.2 Å². The van der Waals surface area contributed by atoms with Gasteiger partial charge in [-0.3, -0.25) is 4.90 Å². The molecule has 0 radical (unpaired) electrons. The third kappa shape index (κ3) is 3.78. The highest BCUT2D eigenvalue weighted by Crippen LogP contribution is 2.32. The molecular weight excluding hydrogens is 263 g/mol. The van der Waals surface area contributed by atoms with Gasteiger partial charge >= 0.3 is 0 Å². The zero-order valence-electron chi connectivity index (χ0n) is 11.3. The second kappa shape index (κ2) is 6.51. The van der Waals surface area contributed by atoms with Crippen LogP contribution in [0.4, 0.5) is 4.39 Å². The van der Waals surface area contributed by atoms with Crippen molar-refractivity contribution >= 4 is 11.6 Å². The van der Waals surface area contributed by atoms with E-state index in [4.69, 9.17) is 11.6 Å². The normalized spacial score (nSPS) is 18.3. The zero-order valence-corrected chi connectivity index (χ0v) is 12.0. The first kappa shape index (κ1) is 14.5. The van der Waals surface area contributed by atoms with Crippen LogP contribution in [-0.2, 0) is 0 Å². The lowest BCUT2D eigenvalue weighted by molar-refractivity contribution is 0.172. The number of halogens is 2. The van der Waals surface area contributed by atoms with Gasteiger partial charge in [-0.1, -0.05) is 23.2 Å². The molecular formula is C15H20ClFN2. The topological polar surface area (TPSA) is 15.3 Å². The Morgan fingerprint density at radius 1 is 1.47 bits per heavy atom. The van der Waals surface area contributed by atoms with Crippen molar-refractivity contribution < 1.29 is 4.39 Å². The molecule has 0 spiro atoms. The molecule has 1 saturated heterocycles. The number of nitrogens with zero attached hydrogens (tertiary/aromatic N) is 1. The number of rotatable bonds is 4. The van der Waals surface area contributed by atoms with E-state index in [0.717, 1.165) is 43.7 Å². The molecule has 1 aromatic rings. The standard InChI is InChI=1S/C15H20ClFN2/c1-11(2)9-15(19-7-5-18-6-8-19)13-4-3-12(17)10-14(13)16/h3-4,10,15,18H,1,5-9H2,2H3/t15-/m0/s1. The molecule has 2 rings (SSSR count). The number of benzene rings is 1. The minimum atomic E-state index is -0.289. The lowest BCUT2D eigenvalue weighted by Gasteiger charge is -2.35. The lowest BCUT2D eigenvalue weighted by Crippen LogP contribution is -2.45. The van der Waals surface area contributed by atoms with Gasteiger partial charge in [-0.05, 0) is 31.0 Å². The van der Waals surface area contributed by atoms with Gasteiger partial charge in [0, 0.05) is 37.2 Å². The van der Waals surface area contributed by atoms with E-state index < -0.39 is 0 Å². The summed E-state index contributed by atoms with van der Waals surface area (Å²) in [5.41, 5.74) is 2.11. The Hall–Kier alpha value is -0.900. The minimum Gasteiger partial charge on any atom is -0.314 e. The van der Waals surface area contributed by atoms with Crippen LogP contribution in [0.5, 0.6) is 0 Å². The van der Waals surface area contributed by atoms with E-state index in [1.165, 1.54) is 12.1 Å². The molecule has 1 aliphatic heterocycles. The fourth-order valence-electron chi connectivity index (χ4n) is 2.53. The molecule has 1 aliphatic rings. The monoisotopic (exact) mass is 282 g/mol. The Morgan fingerprint density at radius 2 is 2.16 bits per heavy atom. The van der Waals surface area contributed by atoms with Gasteiger partial charge in [0.1, 0.15) is 5.82 Å². The first-order valence-corrected chi connectivity index (χ1v) is 7.00. The Bertz CT molecular complexity index is 455. The third-order valence-electron chi connectivity index (χ3n) is 3.46.